The summed E-state index contributed by atoms with van der Waals surface area (Å²) in [6, 6.07) is 0. The van der Waals surface area contributed by atoms with Crippen molar-refractivity contribution in [3.05, 3.63) is 0 Å². The van der Waals surface area contributed by atoms with Crippen LogP contribution in [0.2, 0.25) is 0 Å². The first-order valence-electron chi connectivity index (χ1n) is 4.04. The summed E-state index contributed by atoms with van der Waals surface area (Å²) < 4.78 is 0. The Balaban J connectivity index is 3.75. The molecule has 0 aliphatic heterocycles. The molecule has 1 atom stereocenters. The molecule has 4 heteroatoms. The molecule has 12 heavy (non-hydrogen) atoms. The first-order chi connectivity index (χ1) is 5.39. The lowest BCUT2D eigenvalue weighted by Crippen LogP contribution is -2.46. The van der Waals surface area contributed by atoms with Crippen molar-refractivity contribution in [1.82, 2.24) is 5.32 Å². The summed E-state index contributed by atoms with van der Waals surface area (Å²) in [4.78, 5) is 10.6. The molecule has 0 bridgehead atoms. The van der Waals surface area contributed by atoms with Gasteiger partial charge >= 0.3 is 0 Å². The number of rotatable bonds is 5. The average molecular weight is 174 g/mol. The molecule has 4 nitrogen and oxygen atoms in total. The number of nitrogens with two attached hydrogens (primary N) is 1. The third kappa shape index (κ3) is 4.31. The van der Waals surface area contributed by atoms with Crippen LogP contribution in [0, 0.1) is 5.92 Å². The maximum atomic E-state index is 10.6. The van der Waals surface area contributed by atoms with Crippen LogP contribution in [-0.2, 0) is 4.79 Å². The van der Waals surface area contributed by atoms with Gasteiger partial charge in [0.1, 0.15) is 0 Å². The van der Waals surface area contributed by atoms with Crippen LogP contribution in [0.3, 0.4) is 0 Å². The van der Waals surface area contributed by atoms with E-state index in [4.69, 9.17) is 10.8 Å². The molecule has 0 radical (unpaired) electrons. The number of aliphatic hydroxyl groups excluding tert-OH is 1. The number of aliphatic hydroxyl groups is 1. The largest absolute Gasteiger partial charge is 0.394 e. The third-order valence-electron chi connectivity index (χ3n) is 1.77. The number of carbonyl (C=O) groups is 1. The van der Waals surface area contributed by atoms with Gasteiger partial charge in [-0.25, -0.2) is 0 Å². The van der Waals surface area contributed by atoms with Crippen molar-refractivity contribution in [2.24, 2.45) is 11.7 Å². The molecule has 0 aromatic carbocycles. The summed E-state index contributed by atoms with van der Waals surface area (Å²) in [5.74, 6) is -0.521. The molecule has 0 saturated heterocycles. The molecule has 0 heterocycles. The topological polar surface area (TPSA) is 75.3 Å². The first-order valence-corrected chi connectivity index (χ1v) is 4.04. The predicted octanol–water partition coefficient (Wildman–Crippen LogP) is -0.532. The van der Waals surface area contributed by atoms with E-state index in [-0.39, 0.29) is 24.0 Å². The SMILES string of the molecule is CC(CNC(C)(C)CO)C(N)=O. The van der Waals surface area contributed by atoms with Crippen molar-refractivity contribution in [2.75, 3.05) is 13.2 Å². The van der Waals surface area contributed by atoms with E-state index in [1.165, 1.54) is 0 Å². The molecule has 0 fully saturated rings. The highest BCUT2D eigenvalue weighted by molar-refractivity contribution is 5.76. The van der Waals surface area contributed by atoms with Crippen molar-refractivity contribution >= 4 is 5.91 Å². The summed E-state index contributed by atoms with van der Waals surface area (Å²) in [7, 11) is 0. The normalized spacial score (nSPS) is 14.3. The second-order valence-corrected chi connectivity index (χ2v) is 3.73. The van der Waals surface area contributed by atoms with E-state index in [0.29, 0.717) is 6.54 Å². The van der Waals surface area contributed by atoms with Crippen LogP contribution in [0.25, 0.3) is 0 Å². The molecule has 0 aromatic rings. The highest BCUT2D eigenvalue weighted by atomic mass is 16.3. The molecule has 0 spiro atoms. The van der Waals surface area contributed by atoms with Crippen LogP contribution in [0.5, 0.6) is 0 Å². The van der Waals surface area contributed by atoms with Gasteiger partial charge in [0.15, 0.2) is 0 Å². The first kappa shape index (κ1) is 11.4. The van der Waals surface area contributed by atoms with Crippen LogP contribution in [-0.4, -0.2) is 29.7 Å². The van der Waals surface area contributed by atoms with Crippen LogP contribution in [0.15, 0.2) is 0 Å². The summed E-state index contributed by atoms with van der Waals surface area (Å²) in [5, 5.41) is 11.9. The minimum absolute atomic E-state index is 0.0402. The summed E-state index contributed by atoms with van der Waals surface area (Å²) in [5.41, 5.74) is 4.72. The highest BCUT2D eigenvalue weighted by Crippen LogP contribution is 2.01. The van der Waals surface area contributed by atoms with Crippen LogP contribution in [0.4, 0.5) is 0 Å². The monoisotopic (exact) mass is 174 g/mol. The van der Waals surface area contributed by atoms with Gasteiger partial charge in [-0.1, -0.05) is 6.92 Å². The Hall–Kier alpha value is -0.610. The van der Waals surface area contributed by atoms with E-state index in [2.05, 4.69) is 5.32 Å². The lowest BCUT2D eigenvalue weighted by Gasteiger charge is -2.24. The molecule has 72 valence electrons. The van der Waals surface area contributed by atoms with Crippen LogP contribution in [0.1, 0.15) is 20.8 Å². The molecule has 0 aliphatic rings. The lowest BCUT2D eigenvalue weighted by molar-refractivity contribution is -0.121. The van der Waals surface area contributed by atoms with Crippen LogP contribution >= 0.6 is 0 Å². The maximum absolute atomic E-state index is 10.6. The Kier molecular flexibility index (Phi) is 4.20. The molecule has 4 N–H and O–H groups in total. The zero-order chi connectivity index (χ0) is 9.78. The summed E-state index contributed by atoms with van der Waals surface area (Å²) in [6.45, 7) is 6.02. The third-order valence-corrected chi connectivity index (χ3v) is 1.77. The molecule has 0 saturated carbocycles. The van der Waals surface area contributed by atoms with Gasteiger partial charge in [0, 0.05) is 18.0 Å². The zero-order valence-corrected chi connectivity index (χ0v) is 7.92. The van der Waals surface area contributed by atoms with E-state index >= 15 is 0 Å². The molecular weight excluding hydrogens is 156 g/mol. The van der Waals surface area contributed by atoms with Gasteiger partial charge in [0.05, 0.1) is 6.61 Å². The minimum Gasteiger partial charge on any atom is -0.394 e. The van der Waals surface area contributed by atoms with E-state index in [1.54, 1.807) is 6.92 Å². The van der Waals surface area contributed by atoms with E-state index in [9.17, 15) is 4.79 Å². The number of primary amides is 1. The van der Waals surface area contributed by atoms with Crippen molar-refractivity contribution < 1.29 is 9.90 Å². The minimum atomic E-state index is -0.344. The van der Waals surface area contributed by atoms with Gasteiger partial charge in [-0.3, -0.25) is 4.79 Å². The second-order valence-electron chi connectivity index (χ2n) is 3.73. The Morgan fingerprint density at radius 1 is 1.67 bits per heavy atom. The molecular formula is C8H18N2O2. The molecule has 0 aromatic heterocycles. The molecule has 1 unspecified atom stereocenters. The predicted molar refractivity (Wildman–Crippen MR) is 47.5 cm³/mol. The van der Waals surface area contributed by atoms with Gasteiger partial charge < -0.3 is 16.2 Å². The smallest absolute Gasteiger partial charge is 0.221 e. The average Bonchev–Trinajstić information content (AvgIpc) is 2.00. The number of amides is 1. The van der Waals surface area contributed by atoms with E-state index in [0.717, 1.165) is 0 Å². The van der Waals surface area contributed by atoms with E-state index in [1.807, 2.05) is 13.8 Å². The number of carbonyl (C=O) groups excluding carboxylic acids is 1. The Labute approximate surface area is 73.1 Å². The summed E-state index contributed by atoms with van der Waals surface area (Å²) >= 11 is 0. The summed E-state index contributed by atoms with van der Waals surface area (Å²) in [6.07, 6.45) is 0. The Morgan fingerprint density at radius 2 is 2.17 bits per heavy atom. The van der Waals surface area contributed by atoms with Gasteiger partial charge in [0.25, 0.3) is 0 Å². The lowest BCUT2D eigenvalue weighted by atomic mass is 10.1. The molecule has 0 aliphatic carbocycles. The molecule has 0 rings (SSSR count). The highest BCUT2D eigenvalue weighted by Gasteiger charge is 2.17. The Morgan fingerprint density at radius 3 is 2.50 bits per heavy atom. The number of hydrogen-bond acceptors (Lipinski definition) is 3. The fraction of sp³-hybridized carbons (Fsp3) is 0.875. The van der Waals surface area contributed by atoms with Gasteiger partial charge in [-0.15, -0.1) is 0 Å². The van der Waals surface area contributed by atoms with Crippen molar-refractivity contribution in [3.63, 3.8) is 0 Å². The van der Waals surface area contributed by atoms with Gasteiger partial charge in [0.2, 0.25) is 5.91 Å². The van der Waals surface area contributed by atoms with E-state index < -0.39 is 0 Å². The van der Waals surface area contributed by atoms with Gasteiger partial charge in [-0.2, -0.15) is 0 Å². The van der Waals surface area contributed by atoms with Crippen molar-refractivity contribution in [1.29, 1.82) is 0 Å². The quantitative estimate of drug-likeness (QED) is 0.524. The van der Waals surface area contributed by atoms with Crippen LogP contribution < -0.4 is 11.1 Å². The number of nitrogens with one attached hydrogen (secondary N) is 1. The fourth-order valence-electron chi connectivity index (χ4n) is 0.586. The second kappa shape index (κ2) is 4.42. The molecule has 1 amide bonds. The maximum Gasteiger partial charge on any atom is 0.221 e. The van der Waals surface area contributed by atoms with Crippen molar-refractivity contribution in [2.45, 2.75) is 26.3 Å². The Bertz CT molecular complexity index is 157. The van der Waals surface area contributed by atoms with Gasteiger partial charge in [-0.05, 0) is 13.8 Å². The van der Waals surface area contributed by atoms with Crippen molar-refractivity contribution in [3.8, 4) is 0 Å². The number of hydrogen-bond donors (Lipinski definition) is 3. The standard InChI is InChI=1S/C8H18N2O2/c1-6(7(9)12)4-10-8(2,3)5-11/h6,10-11H,4-5H2,1-3H3,(H2,9,12). The fourth-order valence-corrected chi connectivity index (χ4v) is 0.586. The zero-order valence-electron chi connectivity index (χ0n) is 7.92.